The van der Waals surface area contributed by atoms with E-state index in [1.807, 2.05) is 26.8 Å². The van der Waals surface area contributed by atoms with Crippen LogP contribution in [-0.4, -0.2) is 71.4 Å². The molecule has 3 aliphatic heterocycles. The van der Waals surface area contributed by atoms with E-state index in [4.69, 9.17) is 16.3 Å². The third-order valence-electron chi connectivity index (χ3n) is 5.90. The molecule has 4 amide bonds. The Morgan fingerprint density at radius 1 is 1.12 bits per heavy atom. The number of imide groups is 1. The SMILES string of the molecule is CC(C)(C)OC(=O)N1CCN(c2ccc3c(c2Cl)CN(C2CCC(=O)NC2=O)C3=O)CC1. The minimum atomic E-state index is -0.676. The first-order valence-electron chi connectivity index (χ1n) is 10.7. The van der Waals surface area contributed by atoms with Gasteiger partial charge in [-0.3, -0.25) is 19.7 Å². The minimum Gasteiger partial charge on any atom is -0.444 e. The van der Waals surface area contributed by atoms with Crippen LogP contribution in [-0.2, 0) is 20.9 Å². The Morgan fingerprint density at radius 3 is 2.44 bits per heavy atom. The normalized spacial score (nSPS) is 21.6. The Balaban J connectivity index is 1.46. The van der Waals surface area contributed by atoms with Crippen LogP contribution in [0.2, 0.25) is 5.02 Å². The first kappa shape index (κ1) is 22.4. The number of rotatable bonds is 2. The van der Waals surface area contributed by atoms with E-state index in [1.165, 1.54) is 4.90 Å². The molecule has 0 saturated carbocycles. The van der Waals surface area contributed by atoms with Crippen LogP contribution < -0.4 is 10.2 Å². The maximum atomic E-state index is 12.9. The number of anilines is 1. The third-order valence-corrected chi connectivity index (χ3v) is 6.32. The van der Waals surface area contributed by atoms with Crippen LogP contribution in [0, 0.1) is 0 Å². The molecule has 9 nitrogen and oxygen atoms in total. The molecule has 0 bridgehead atoms. The molecule has 32 heavy (non-hydrogen) atoms. The molecule has 10 heteroatoms. The highest BCUT2D eigenvalue weighted by molar-refractivity contribution is 6.35. The van der Waals surface area contributed by atoms with Gasteiger partial charge in [0.15, 0.2) is 0 Å². The van der Waals surface area contributed by atoms with Crippen molar-refractivity contribution in [3.05, 3.63) is 28.3 Å². The number of hydrogen-bond acceptors (Lipinski definition) is 6. The molecule has 1 N–H and O–H groups in total. The van der Waals surface area contributed by atoms with Gasteiger partial charge in [0.2, 0.25) is 11.8 Å². The van der Waals surface area contributed by atoms with E-state index in [-0.39, 0.29) is 30.9 Å². The van der Waals surface area contributed by atoms with E-state index in [0.29, 0.717) is 48.7 Å². The summed E-state index contributed by atoms with van der Waals surface area (Å²) in [7, 11) is 0. The zero-order chi connectivity index (χ0) is 23.2. The van der Waals surface area contributed by atoms with Crippen molar-refractivity contribution >= 4 is 41.1 Å². The quantitative estimate of drug-likeness (QED) is 0.676. The highest BCUT2D eigenvalue weighted by Gasteiger charge is 2.40. The molecule has 1 aromatic carbocycles. The fourth-order valence-corrected chi connectivity index (χ4v) is 4.64. The van der Waals surface area contributed by atoms with E-state index in [9.17, 15) is 19.2 Å². The Morgan fingerprint density at radius 2 is 1.81 bits per heavy atom. The Kier molecular flexibility index (Phi) is 5.79. The van der Waals surface area contributed by atoms with E-state index < -0.39 is 17.6 Å². The van der Waals surface area contributed by atoms with Gasteiger partial charge in [0.05, 0.1) is 10.7 Å². The van der Waals surface area contributed by atoms with Crippen LogP contribution in [0.1, 0.15) is 49.5 Å². The highest BCUT2D eigenvalue weighted by atomic mass is 35.5. The molecule has 0 aromatic heterocycles. The summed E-state index contributed by atoms with van der Waals surface area (Å²) >= 11 is 6.72. The summed E-state index contributed by atoms with van der Waals surface area (Å²) in [5.41, 5.74) is 1.43. The van der Waals surface area contributed by atoms with Gasteiger partial charge < -0.3 is 19.4 Å². The predicted molar refractivity (Wildman–Crippen MR) is 118 cm³/mol. The lowest BCUT2D eigenvalue weighted by atomic mass is 10.0. The standard InChI is InChI=1S/C22H27ClN4O5/c1-22(2,3)32-21(31)26-10-8-25(9-11-26)15-5-4-13-14(18(15)23)12-27(20(13)30)16-6-7-17(28)24-19(16)29/h4-5,16H,6-12H2,1-3H3,(H,24,28,29). The van der Waals surface area contributed by atoms with Crippen molar-refractivity contribution in [1.29, 1.82) is 0 Å². The average Bonchev–Trinajstić information content (AvgIpc) is 3.05. The van der Waals surface area contributed by atoms with Gasteiger partial charge in [-0.15, -0.1) is 0 Å². The maximum Gasteiger partial charge on any atom is 0.410 e. The van der Waals surface area contributed by atoms with Gasteiger partial charge in [0.25, 0.3) is 5.91 Å². The fraction of sp³-hybridized carbons (Fsp3) is 0.545. The summed E-state index contributed by atoms with van der Waals surface area (Å²) in [5, 5.41) is 2.79. The monoisotopic (exact) mass is 462 g/mol. The number of carbonyl (C=O) groups excluding carboxylic acids is 4. The topological polar surface area (TPSA) is 99.3 Å². The van der Waals surface area contributed by atoms with Crippen LogP contribution in [0.4, 0.5) is 10.5 Å². The second kappa shape index (κ2) is 8.27. The number of carbonyl (C=O) groups is 4. The van der Waals surface area contributed by atoms with Crippen molar-refractivity contribution in [2.45, 2.75) is 51.8 Å². The summed E-state index contributed by atoms with van der Waals surface area (Å²) in [6.45, 7) is 7.92. The molecule has 1 atom stereocenters. The van der Waals surface area contributed by atoms with Crippen LogP contribution in [0.3, 0.4) is 0 Å². The number of nitrogens with zero attached hydrogens (tertiary/aromatic N) is 3. The minimum absolute atomic E-state index is 0.206. The van der Waals surface area contributed by atoms with E-state index in [0.717, 1.165) is 5.69 Å². The molecule has 3 heterocycles. The number of fused-ring (bicyclic) bond motifs is 1. The average molecular weight is 463 g/mol. The zero-order valence-electron chi connectivity index (χ0n) is 18.4. The largest absolute Gasteiger partial charge is 0.444 e. The summed E-state index contributed by atoms with van der Waals surface area (Å²) in [6, 6.07) is 2.88. The van der Waals surface area contributed by atoms with E-state index >= 15 is 0 Å². The van der Waals surface area contributed by atoms with Gasteiger partial charge in [0, 0.05) is 50.3 Å². The van der Waals surface area contributed by atoms with Gasteiger partial charge in [-0.1, -0.05) is 11.6 Å². The summed E-state index contributed by atoms with van der Waals surface area (Å²) in [5.74, 6) is -1.02. The van der Waals surface area contributed by atoms with Gasteiger partial charge in [-0.05, 0) is 39.3 Å². The predicted octanol–water partition coefficient (Wildman–Crippen LogP) is 2.16. The van der Waals surface area contributed by atoms with Gasteiger partial charge >= 0.3 is 6.09 Å². The number of hydrogen-bond donors (Lipinski definition) is 1. The molecule has 0 radical (unpaired) electrons. The van der Waals surface area contributed by atoms with Crippen LogP contribution in [0.25, 0.3) is 0 Å². The molecule has 1 unspecified atom stereocenters. The summed E-state index contributed by atoms with van der Waals surface area (Å²) < 4.78 is 5.44. The number of benzene rings is 1. The number of ether oxygens (including phenoxy) is 1. The Labute approximate surface area is 191 Å². The molecule has 1 aromatic rings. The van der Waals surface area contributed by atoms with E-state index in [2.05, 4.69) is 10.2 Å². The third kappa shape index (κ3) is 4.26. The lowest BCUT2D eigenvalue weighted by Gasteiger charge is -2.37. The molecule has 2 fully saturated rings. The van der Waals surface area contributed by atoms with Crippen molar-refractivity contribution < 1.29 is 23.9 Å². The van der Waals surface area contributed by atoms with Crippen molar-refractivity contribution in [3.63, 3.8) is 0 Å². The molecular formula is C22H27ClN4O5. The van der Waals surface area contributed by atoms with Crippen LogP contribution in [0.15, 0.2) is 12.1 Å². The molecule has 172 valence electrons. The van der Waals surface area contributed by atoms with Gasteiger partial charge in [-0.25, -0.2) is 4.79 Å². The van der Waals surface area contributed by atoms with Crippen molar-refractivity contribution in [2.75, 3.05) is 31.1 Å². The molecule has 2 saturated heterocycles. The van der Waals surface area contributed by atoms with Crippen molar-refractivity contribution in [1.82, 2.24) is 15.1 Å². The van der Waals surface area contributed by atoms with Crippen molar-refractivity contribution in [3.8, 4) is 0 Å². The number of nitrogens with one attached hydrogen (secondary N) is 1. The van der Waals surface area contributed by atoms with Crippen LogP contribution >= 0.6 is 11.6 Å². The lowest BCUT2D eigenvalue weighted by molar-refractivity contribution is -0.136. The Hall–Kier alpha value is -2.81. The van der Waals surface area contributed by atoms with Crippen LogP contribution in [0.5, 0.6) is 0 Å². The molecular weight excluding hydrogens is 436 g/mol. The second-order valence-electron chi connectivity index (χ2n) is 9.28. The number of piperidine rings is 1. The van der Waals surface area contributed by atoms with Gasteiger partial charge in [-0.2, -0.15) is 0 Å². The fourth-order valence-electron chi connectivity index (χ4n) is 4.29. The zero-order valence-corrected chi connectivity index (χ0v) is 19.2. The van der Waals surface area contributed by atoms with E-state index in [1.54, 1.807) is 11.0 Å². The number of amides is 4. The second-order valence-corrected chi connectivity index (χ2v) is 9.66. The maximum absolute atomic E-state index is 12.9. The molecule has 4 rings (SSSR count). The number of halogens is 1. The summed E-state index contributed by atoms with van der Waals surface area (Å²) in [4.78, 5) is 54.2. The lowest BCUT2D eigenvalue weighted by Crippen LogP contribution is -2.52. The highest BCUT2D eigenvalue weighted by Crippen LogP contribution is 2.38. The first-order valence-corrected chi connectivity index (χ1v) is 11.1. The van der Waals surface area contributed by atoms with Crippen molar-refractivity contribution in [2.24, 2.45) is 0 Å². The first-order chi connectivity index (χ1) is 15.0. The smallest absolute Gasteiger partial charge is 0.410 e. The molecule has 0 aliphatic carbocycles. The molecule has 3 aliphatic rings. The van der Waals surface area contributed by atoms with Gasteiger partial charge in [0.1, 0.15) is 11.6 Å². The number of piperazine rings is 1. The molecule has 0 spiro atoms. The Bertz CT molecular complexity index is 981. The summed E-state index contributed by atoms with van der Waals surface area (Å²) in [6.07, 6.45) is 0.182.